The van der Waals surface area contributed by atoms with E-state index in [9.17, 15) is 0 Å². The summed E-state index contributed by atoms with van der Waals surface area (Å²) in [6.07, 6.45) is 4.35. The Morgan fingerprint density at radius 1 is 1.71 bits per heavy atom. The Morgan fingerprint density at radius 2 is 2.57 bits per heavy atom. The van der Waals surface area contributed by atoms with Gasteiger partial charge in [0.25, 0.3) is 0 Å². The first-order chi connectivity index (χ1) is 3.39. The number of pyridine rings is 1. The molecule has 0 saturated carbocycles. The molecule has 0 amide bonds. The van der Waals surface area contributed by atoms with Gasteiger partial charge in [-0.1, -0.05) is 0 Å². The fourth-order valence-electron chi connectivity index (χ4n) is 0.355. The van der Waals surface area contributed by atoms with Crippen LogP contribution in [0.4, 0.5) is 0 Å². The van der Waals surface area contributed by atoms with Crippen molar-refractivity contribution in [2.24, 2.45) is 0 Å². The molecular weight excluding hydrogens is 86.1 g/mol. The maximum atomic E-state index is 3.73. The first-order valence-corrected chi connectivity index (χ1v) is 2.10. The number of hydrogen-bond acceptors (Lipinski definition) is 1. The summed E-state index contributed by atoms with van der Waals surface area (Å²) in [4.78, 5) is 3.73. The Labute approximate surface area is 43.0 Å². The zero-order valence-corrected chi connectivity index (χ0v) is 4.10. The first-order valence-electron chi connectivity index (χ1n) is 2.10. The van der Waals surface area contributed by atoms with E-state index >= 15 is 0 Å². The van der Waals surface area contributed by atoms with Gasteiger partial charge in [-0.3, -0.25) is 4.98 Å². The Kier molecular flexibility index (Phi) is 1.07. The van der Waals surface area contributed by atoms with Gasteiger partial charge in [-0.2, -0.15) is 0 Å². The summed E-state index contributed by atoms with van der Waals surface area (Å²) < 4.78 is 0. The molecule has 2 radical (unpaired) electrons. The molecule has 0 atom stereocenters. The van der Waals surface area contributed by atoms with Gasteiger partial charge in [0.05, 0.1) is 6.20 Å². The fraction of sp³-hybridized carbons (Fsp3) is 0.167. The molecule has 0 unspecified atom stereocenters. The molecule has 0 N–H and O–H groups in total. The first kappa shape index (κ1) is 4.31. The van der Waals surface area contributed by atoms with E-state index < -0.39 is 0 Å². The lowest BCUT2D eigenvalue weighted by molar-refractivity contribution is 1.25. The van der Waals surface area contributed by atoms with E-state index in [1.54, 1.807) is 12.3 Å². The summed E-state index contributed by atoms with van der Waals surface area (Å²) in [6.45, 7) is 1.95. The number of aryl methyl sites for hydroxylation is 1. The molecule has 0 aliphatic rings. The van der Waals surface area contributed by atoms with E-state index in [1.165, 1.54) is 0 Å². The van der Waals surface area contributed by atoms with Crippen molar-refractivity contribution in [3.05, 3.63) is 30.1 Å². The van der Waals surface area contributed by atoms with E-state index in [4.69, 9.17) is 0 Å². The molecule has 0 spiro atoms. The molecule has 1 heterocycles. The SMILES string of the molecule is Cc1[c]c[c]nc1. The largest absolute Gasteiger partial charge is 0.254 e. The Bertz CT molecular complexity index is 134. The van der Waals surface area contributed by atoms with Crippen LogP contribution in [0.3, 0.4) is 0 Å². The normalized spacial score (nSPS) is 8.71. The van der Waals surface area contributed by atoms with Crippen molar-refractivity contribution in [1.29, 1.82) is 0 Å². The lowest BCUT2D eigenvalue weighted by Crippen LogP contribution is -1.71. The maximum absolute atomic E-state index is 3.73. The van der Waals surface area contributed by atoms with Crippen LogP contribution >= 0.6 is 0 Å². The van der Waals surface area contributed by atoms with Crippen molar-refractivity contribution in [3.8, 4) is 0 Å². The van der Waals surface area contributed by atoms with Crippen LogP contribution in [0.25, 0.3) is 0 Å². The summed E-state index contributed by atoms with van der Waals surface area (Å²) in [5.74, 6) is 0. The van der Waals surface area contributed by atoms with Crippen LogP contribution in [0.15, 0.2) is 12.3 Å². The third kappa shape index (κ3) is 1.000. The quantitative estimate of drug-likeness (QED) is 0.464. The zero-order chi connectivity index (χ0) is 5.11. The minimum absolute atomic E-state index is 1.05. The molecule has 1 heteroatoms. The smallest absolute Gasteiger partial charge is 0.0892 e. The number of aromatic nitrogens is 1. The van der Waals surface area contributed by atoms with Crippen LogP contribution in [0.2, 0.25) is 0 Å². The minimum atomic E-state index is 1.05. The second kappa shape index (κ2) is 1.73. The molecule has 7 heavy (non-hydrogen) atoms. The highest BCUT2D eigenvalue weighted by molar-refractivity contribution is 5.01. The monoisotopic (exact) mass is 91.0 g/mol. The van der Waals surface area contributed by atoms with Crippen LogP contribution in [-0.4, -0.2) is 4.98 Å². The van der Waals surface area contributed by atoms with Crippen molar-refractivity contribution in [2.45, 2.75) is 6.92 Å². The Morgan fingerprint density at radius 3 is 2.86 bits per heavy atom. The van der Waals surface area contributed by atoms with Crippen molar-refractivity contribution >= 4 is 0 Å². The topological polar surface area (TPSA) is 12.9 Å². The zero-order valence-electron chi connectivity index (χ0n) is 4.10. The van der Waals surface area contributed by atoms with Crippen LogP contribution in [-0.2, 0) is 0 Å². The van der Waals surface area contributed by atoms with E-state index in [2.05, 4.69) is 17.2 Å². The highest BCUT2D eigenvalue weighted by Gasteiger charge is 1.75. The molecular formula is C6H5N. The second-order valence-electron chi connectivity index (χ2n) is 1.36. The summed E-state index contributed by atoms with van der Waals surface area (Å²) in [5.41, 5.74) is 1.05. The molecule has 0 saturated heterocycles. The molecule has 34 valence electrons. The highest BCUT2D eigenvalue weighted by Crippen LogP contribution is 1.86. The summed E-state index contributed by atoms with van der Waals surface area (Å²) >= 11 is 0. The maximum Gasteiger partial charge on any atom is 0.0892 e. The van der Waals surface area contributed by atoms with E-state index in [0.29, 0.717) is 0 Å². The van der Waals surface area contributed by atoms with E-state index in [1.807, 2.05) is 6.92 Å². The van der Waals surface area contributed by atoms with Gasteiger partial charge >= 0.3 is 0 Å². The lowest BCUT2D eigenvalue weighted by Gasteiger charge is -1.80. The summed E-state index contributed by atoms with van der Waals surface area (Å²) in [5, 5.41) is 0. The predicted molar refractivity (Wildman–Crippen MR) is 26.6 cm³/mol. The standard InChI is InChI=1S/C6H5N/c1-6-3-2-4-7-5-6/h2,5H,1H3. The Hall–Kier alpha value is -0.850. The van der Waals surface area contributed by atoms with Gasteiger partial charge < -0.3 is 0 Å². The van der Waals surface area contributed by atoms with Crippen molar-refractivity contribution < 1.29 is 0 Å². The van der Waals surface area contributed by atoms with Gasteiger partial charge in [-0.05, 0) is 24.6 Å². The second-order valence-corrected chi connectivity index (χ2v) is 1.36. The van der Waals surface area contributed by atoms with Gasteiger partial charge in [-0.15, -0.1) is 0 Å². The highest BCUT2D eigenvalue weighted by atomic mass is 14.6. The molecule has 0 aliphatic carbocycles. The predicted octanol–water partition coefficient (Wildman–Crippen LogP) is 0.990. The van der Waals surface area contributed by atoms with Crippen LogP contribution in [0.5, 0.6) is 0 Å². The van der Waals surface area contributed by atoms with Gasteiger partial charge in [0.15, 0.2) is 0 Å². The lowest BCUT2D eigenvalue weighted by atomic mass is 10.3. The molecule has 1 aromatic rings. The average Bonchev–Trinajstić information content (AvgIpc) is 1.69. The van der Waals surface area contributed by atoms with Gasteiger partial charge in [0.2, 0.25) is 0 Å². The fourth-order valence-corrected chi connectivity index (χ4v) is 0.355. The molecule has 0 aromatic carbocycles. The summed E-state index contributed by atoms with van der Waals surface area (Å²) in [7, 11) is 0. The minimum Gasteiger partial charge on any atom is -0.254 e. The van der Waals surface area contributed by atoms with Crippen LogP contribution in [0, 0.1) is 19.2 Å². The Balaban J connectivity index is 3.02. The van der Waals surface area contributed by atoms with E-state index in [0.717, 1.165) is 5.56 Å². The van der Waals surface area contributed by atoms with Gasteiger partial charge in [0, 0.05) is 6.20 Å². The molecule has 1 nitrogen and oxygen atoms in total. The van der Waals surface area contributed by atoms with Crippen LogP contribution in [0.1, 0.15) is 5.56 Å². The number of hydrogen-bond donors (Lipinski definition) is 0. The third-order valence-electron chi connectivity index (χ3n) is 0.697. The molecule has 0 fully saturated rings. The summed E-state index contributed by atoms with van der Waals surface area (Å²) in [6, 6.07) is 4.59. The van der Waals surface area contributed by atoms with E-state index in [-0.39, 0.29) is 0 Å². The third-order valence-corrected chi connectivity index (χ3v) is 0.697. The molecule has 1 rings (SSSR count). The van der Waals surface area contributed by atoms with Crippen molar-refractivity contribution in [3.63, 3.8) is 0 Å². The van der Waals surface area contributed by atoms with Gasteiger partial charge in [0.1, 0.15) is 0 Å². The van der Waals surface area contributed by atoms with Crippen molar-refractivity contribution in [1.82, 2.24) is 4.98 Å². The number of nitrogens with zero attached hydrogens (tertiary/aromatic N) is 1. The number of rotatable bonds is 0. The van der Waals surface area contributed by atoms with Crippen molar-refractivity contribution in [2.75, 3.05) is 0 Å². The molecule has 0 bridgehead atoms. The average molecular weight is 91.1 g/mol. The van der Waals surface area contributed by atoms with Gasteiger partial charge in [-0.25, -0.2) is 0 Å². The van der Waals surface area contributed by atoms with Crippen LogP contribution < -0.4 is 0 Å². The molecule has 1 aromatic heterocycles. The molecule has 0 aliphatic heterocycles.